The number of hydrogen-bond donors (Lipinski definition) is 2. The van der Waals surface area contributed by atoms with Crippen molar-refractivity contribution in [1.29, 1.82) is 0 Å². The van der Waals surface area contributed by atoms with Crippen molar-refractivity contribution >= 4 is 21.8 Å². The number of piperidine rings is 1. The molecular formula is C16H21BrN2O. The lowest BCUT2D eigenvalue weighted by molar-refractivity contribution is -0.123. The summed E-state index contributed by atoms with van der Waals surface area (Å²) in [6, 6.07) is 8.21. The van der Waals surface area contributed by atoms with E-state index in [1.54, 1.807) is 0 Å². The van der Waals surface area contributed by atoms with Crippen molar-refractivity contribution in [3.8, 4) is 0 Å². The second-order valence-corrected chi connectivity index (χ2v) is 7.07. The predicted octanol–water partition coefficient (Wildman–Crippen LogP) is 3.02. The van der Waals surface area contributed by atoms with Crippen molar-refractivity contribution in [3.63, 3.8) is 0 Å². The van der Waals surface area contributed by atoms with Crippen molar-refractivity contribution in [1.82, 2.24) is 10.6 Å². The van der Waals surface area contributed by atoms with Crippen LogP contribution in [0.3, 0.4) is 0 Å². The van der Waals surface area contributed by atoms with Crippen LogP contribution in [0.1, 0.15) is 37.8 Å². The lowest BCUT2D eigenvalue weighted by atomic mass is 9.91. The molecular weight excluding hydrogens is 316 g/mol. The van der Waals surface area contributed by atoms with E-state index in [9.17, 15) is 4.79 Å². The highest BCUT2D eigenvalue weighted by Crippen LogP contribution is 2.58. The van der Waals surface area contributed by atoms with E-state index in [0.717, 1.165) is 42.4 Å². The Balaban J connectivity index is 1.60. The monoisotopic (exact) mass is 336 g/mol. The van der Waals surface area contributed by atoms with Gasteiger partial charge in [-0.3, -0.25) is 4.79 Å². The summed E-state index contributed by atoms with van der Waals surface area (Å²) in [4.78, 5) is 12.4. The third-order valence-electron chi connectivity index (χ3n) is 4.81. The zero-order valence-electron chi connectivity index (χ0n) is 11.8. The Morgan fingerprint density at radius 1 is 1.45 bits per heavy atom. The maximum atomic E-state index is 12.4. The van der Waals surface area contributed by atoms with Crippen LogP contribution < -0.4 is 10.6 Å². The minimum Gasteiger partial charge on any atom is -0.349 e. The quantitative estimate of drug-likeness (QED) is 0.890. The zero-order valence-corrected chi connectivity index (χ0v) is 13.4. The molecule has 1 saturated carbocycles. The van der Waals surface area contributed by atoms with Gasteiger partial charge in [0, 0.05) is 10.4 Å². The number of benzene rings is 1. The number of halogens is 1. The molecule has 2 atom stereocenters. The van der Waals surface area contributed by atoms with Gasteiger partial charge in [0.05, 0.1) is 6.04 Å². The van der Waals surface area contributed by atoms with Gasteiger partial charge in [0.1, 0.15) is 0 Å². The van der Waals surface area contributed by atoms with Crippen LogP contribution in [0, 0.1) is 11.3 Å². The van der Waals surface area contributed by atoms with E-state index in [-0.39, 0.29) is 17.9 Å². The third-order valence-corrected chi connectivity index (χ3v) is 5.31. The van der Waals surface area contributed by atoms with E-state index in [2.05, 4.69) is 45.6 Å². The third kappa shape index (κ3) is 2.77. The highest BCUT2D eigenvalue weighted by Gasteiger charge is 2.57. The summed E-state index contributed by atoms with van der Waals surface area (Å²) in [7, 11) is 0. The van der Waals surface area contributed by atoms with E-state index in [0.29, 0.717) is 5.41 Å². The Kier molecular flexibility index (Phi) is 3.87. The van der Waals surface area contributed by atoms with Gasteiger partial charge in [-0.2, -0.15) is 0 Å². The molecule has 2 fully saturated rings. The molecule has 1 unspecified atom stereocenters. The summed E-state index contributed by atoms with van der Waals surface area (Å²) in [6.07, 6.45) is 3.37. The van der Waals surface area contributed by atoms with Gasteiger partial charge in [-0.05, 0) is 62.4 Å². The van der Waals surface area contributed by atoms with Crippen LogP contribution in [-0.2, 0) is 4.79 Å². The number of hydrogen-bond acceptors (Lipinski definition) is 2. The number of rotatable bonds is 3. The smallest absolute Gasteiger partial charge is 0.224 e. The number of nitrogens with one attached hydrogen (secondary N) is 2. The molecule has 1 spiro atoms. The minimum atomic E-state index is 0.0689. The van der Waals surface area contributed by atoms with E-state index < -0.39 is 0 Å². The summed E-state index contributed by atoms with van der Waals surface area (Å²) in [5.41, 5.74) is 1.46. The number of carbonyl (C=O) groups excluding carboxylic acids is 1. The molecule has 1 aromatic carbocycles. The van der Waals surface area contributed by atoms with Crippen molar-refractivity contribution < 1.29 is 4.79 Å². The van der Waals surface area contributed by atoms with Crippen molar-refractivity contribution in [2.45, 2.75) is 32.2 Å². The summed E-state index contributed by atoms with van der Waals surface area (Å²) >= 11 is 3.48. The van der Waals surface area contributed by atoms with Crippen LogP contribution in [0.4, 0.5) is 0 Å². The first-order valence-corrected chi connectivity index (χ1v) is 8.17. The van der Waals surface area contributed by atoms with Gasteiger partial charge < -0.3 is 10.6 Å². The molecule has 4 heteroatoms. The maximum absolute atomic E-state index is 12.4. The van der Waals surface area contributed by atoms with Crippen LogP contribution in [0.2, 0.25) is 0 Å². The van der Waals surface area contributed by atoms with E-state index >= 15 is 0 Å². The van der Waals surface area contributed by atoms with Gasteiger partial charge in [-0.1, -0.05) is 28.1 Å². The molecule has 20 heavy (non-hydrogen) atoms. The Labute approximate surface area is 128 Å². The fraction of sp³-hybridized carbons (Fsp3) is 0.562. The largest absolute Gasteiger partial charge is 0.349 e. The van der Waals surface area contributed by atoms with Gasteiger partial charge in [0.2, 0.25) is 5.91 Å². The van der Waals surface area contributed by atoms with Crippen molar-refractivity contribution in [2.24, 2.45) is 11.3 Å². The molecule has 1 aromatic rings. The zero-order chi connectivity index (χ0) is 14.2. The molecule has 3 rings (SSSR count). The Morgan fingerprint density at radius 2 is 2.20 bits per heavy atom. The Bertz CT molecular complexity index is 511. The molecule has 1 aliphatic carbocycles. The minimum absolute atomic E-state index is 0.0689. The summed E-state index contributed by atoms with van der Waals surface area (Å²) in [5.74, 6) is 0.471. The number of carbonyl (C=O) groups is 1. The molecule has 0 aromatic heterocycles. The maximum Gasteiger partial charge on any atom is 0.224 e. The van der Waals surface area contributed by atoms with Gasteiger partial charge in [-0.15, -0.1) is 0 Å². The fourth-order valence-electron chi connectivity index (χ4n) is 3.37. The topological polar surface area (TPSA) is 41.1 Å². The molecule has 2 aliphatic rings. The standard InChI is InChI=1S/C16H21BrN2O/c1-11(12-3-2-4-13(17)9-12)19-15(20)14-10-16(14)5-7-18-8-6-16/h2-4,9,11,14,18H,5-8,10H2,1H3,(H,19,20)/t11-,14?/m1/s1. The van der Waals surface area contributed by atoms with Crippen LogP contribution in [0.15, 0.2) is 28.7 Å². The van der Waals surface area contributed by atoms with Gasteiger partial charge in [-0.25, -0.2) is 0 Å². The van der Waals surface area contributed by atoms with E-state index in [4.69, 9.17) is 0 Å². The van der Waals surface area contributed by atoms with Crippen molar-refractivity contribution in [2.75, 3.05) is 13.1 Å². The van der Waals surface area contributed by atoms with E-state index in [1.165, 1.54) is 0 Å². The average Bonchev–Trinajstić information content (AvgIpc) is 3.13. The SMILES string of the molecule is C[C@@H](NC(=O)C1CC12CCNCC2)c1cccc(Br)c1. The molecule has 0 radical (unpaired) electrons. The summed E-state index contributed by atoms with van der Waals surface area (Å²) in [6.45, 7) is 4.17. The first kappa shape index (κ1) is 14.1. The van der Waals surface area contributed by atoms with E-state index in [1.807, 2.05) is 12.1 Å². The molecule has 1 heterocycles. The van der Waals surface area contributed by atoms with Gasteiger partial charge in [0.15, 0.2) is 0 Å². The Morgan fingerprint density at radius 3 is 2.90 bits per heavy atom. The van der Waals surface area contributed by atoms with Crippen LogP contribution >= 0.6 is 15.9 Å². The first-order valence-electron chi connectivity index (χ1n) is 7.37. The van der Waals surface area contributed by atoms with Crippen molar-refractivity contribution in [3.05, 3.63) is 34.3 Å². The lowest BCUT2D eigenvalue weighted by Gasteiger charge is -2.23. The highest BCUT2D eigenvalue weighted by atomic mass is 79.9. The summed E-state index contributed by atoms with van der Waals surface area (Å²) < 4.78 is 1.05. The van der Waals surface area contributed by atoms with Crippen LogP contribution in [-0.4, -0.2) is 19.0 Å². The molecule has 3 nitrogen and oxygen atoms in total. The molecule has 1 aliphatic heterocycles. The molecule has 108 valence electrons. The highest BCUT2D eigenvalue weighted by molar-refractivity contribution is 9.10. The molecule has 1 saturated heterocycles. The normalized spacial score (nSPS) is 25.2. The van der Waals surface area contributed by atoms with Gasteiger partial charge >= 0.3 is 0 Å². The first-order chi connectivity index (χ1) is 9.61. The molecule has 0 bridgehead atoms. The average molecular weight is 337 g/mol. The van der Waals surface area contributed by atoms with Crippen LogP contribution in [0.25, 0.3) is 0 Å². The molecule has 1 amide bonds. The predicted molar refractivity (Wildman–Crippen MR) is 83.3 cm³/mol. The molecule has 2 N–H and O–H groups in total. The van der Waals surface area contributed by atoms with Crippen LogP contribution in [0.5, 0.6) is 0 Å². The van der Waals surface area contributed by atoms with Gasteiger partial charge in [0.25, 0.3) is 0 Å². The number of amides is 1. The lowest BCUT2D eigenvalue weighted by Crippen LogP contribution is -2.34. The fourth-order valence-corrected chi connectivity index (χ4v) is 3.79. The summed E-state index contributed by atoms with van der Waals surface area (Å²) in [5, 5.41) is 6.55. The second-order valence-electron chi connectivity index (χ2n) is 6.15. The Hall–Kier alpha value is -0.870. The second kappa shape index (κ2) is 5.49.